The van der Waals surface area contributed by atoms with Gasteiger partial charge in [0.05, 0.1) is 13.2 Å². The molecule has 7 nitrogen and oxygen atoms in total. The molecule has 5 N–H and O–H groups in total. The van der Waals surface area contributed by atoms with Crippen molar-refractivity contribution in [3.8, 4) is 0 Å². The molecule has 8 heteroatoms. The van der Waals surface area contributed by atoms with Crippen LogP contribution >= 0.6 is 0 Å². The van der Waals surface area contributed by atoms with E-state index in [0.717, 1.165) is 0 Å². The average molecular weight is 175 g/mol. The summed E-state index contributed by atoms with van der Waals surface area (Å²) in [6.45, 7) is -0.835. The molecule has 0 aromatic rings. The van der Waals surface area contributed by atoms with Crippen LogP contribution < -0.4 is 5.90 Å². The van der Waals surface area contributed by atoms with Gasteiger partial charge in [-0.2, -0.15) is 8.42 Å². The Morgan fingerprint density at radius 2 is 1.80 bits per heavy atom. The lowest BCUT2D eigenvalue weighted by atomic mass is 10.8. The molecule has 0 radical (unpaired) electrons. The minimum atomic E-state index is -4.35. The number of hydrogen-bond acceptors (Lipinski definition) is 6. The lowest BCUT2D eigenvalue weighted by Gasteiger charge is -1.92. The Bertz CT molecular complexity index is 140. The van der Waals surface area contributed by atoms with Crippen molar-refractivity contribution in [2.75, 3.05) is 13.2 Å². The largest absolute Gasteiger partial charge is 0.397 e. The Morgan fingerprint density at radius 1 is 1.40 bits per heavy atom. The predicted molar refractivity (Wildman–Crippen MR) is 30.6 cm³/mol. The van der Waals surface area contributed by atoms with Crippen molar-refractivity contribution in [1.82, 2.24) is 0 Å². The summed E-state index contributed by atoms with van der Waals surface area (Å²) in [7, 11) is -4.35. The van der Waals surface area contributed by atoms with E-state index in [2.05, 4.69) is 10.1 Å². The molecule has 0 aliphatic carbocycles. The third-order valence-electron chi connectivity index (χ3n) is 0.324. The van der Waals surface area contributed by atoms with Crippen molar-refractivity contribution in [1.29, 1.82) is 0 Å². The highest BCUT2D eigenvalue weighted by molar-refractivity contribution is 7.80. The van der Waals surface area contributed by atoms with Crippen LogP contribution in [-0.2, 0) is 14.6 Å². The first-order valence-corrected chi connectivity index (χ1v) is 3.41. The minimum Gasteiger partial charge on any atom is -0.394 e. The quantitative estimate of drug-likeness (QED) is 0.292. The van der Waals surface area contributed by atoms with Crippen LogP contribution in [-0.4, -0.2) is 36.5 Å². The Hall–Kier alpha value is -0.250. The molecule has 0 heterocycles. The third-order valence-corrected chi connectivity index (χ3v) is 0.788. The van der Waals surface area contributed by atoms with Gasteiger partial charge in [-0.25, -0.2) is 10.1 Å². The summed E-state index contributed by atoms with van der Waals surface area (Å²) >= 11 is 0. The normalized spacial score (nSPS) is 10.0. The van der Waals surface area contributed by atoms with Crippen LogP contribution in [0.4, 0.5) is 0 Å². The summed E-state index contributed by atoms with van der Waals surface area (Å²) in [4.78, 5) is 0. The lowest BCUT2D eigenvalue weighted by Crippen LogP contribution is -2.06. The maximum Gasteiger partial charge on any atom is 0.397 e. The zero-order chi connectivity index (χ0) is 8.62. The summed E-state index contributed by atoms with van der Waals surface area (Å²) in [5, 5.41) is 14.4. The maximum atomic E-state index is 9.61. The van der Waals surface area contributed by atoms with Gasteiger partial charge in [-0.15, -0.1) is 0 Å². The van der Waals surface area contributed by atoms with E-state index in [0.29, 0.717) is 0 Å². The molecular weight excluding hydrogens is 166 g/mol. The monoisotopic (exact) mass is 175 g/mol. The van der Waals surface area contributed by atoms with E-state index >= 15 is 0 Å². The van der Waals surface area contributed by atoms with Crippen molar-refractivity contribution < 1.29 is 27.5 Å². The fraction of sp³-hybridized carbons (Fsp3) is 1.00. The number of rotatable bonds is 3. The maximum absolute atomic E-state index is 9.61. The van der Waals surface area contributed by atoms with Crippen LogP contribution in [0.1, 0.15) is 0 Å². The molecule has 0 rings (SSSR count). The first kappa shape index (κ1) is 12.4. The first-order valence-electron chi connectivity index (χ1n) is 2.05. The van der Waals surface area contributed by atoms with Crippen molar-refractivity contribution in [3.63, 3.8) is 0 Å². The molecule has 0 atom stereocenters. The average Bonchev–Trinajstić information content (AvgIpc) is 1.87. The molecule has 0 aromatic carbocycles. The molecule has 0 aliphatic heterocycles. The summed E-state index contributed by atoms with van der Waals surface area (Å²) in [6, 6.07) is 0. The van der Waals surface area contributed by atoms with Gasteiger partial charge in [0.15, 0.2) is 0 Å². The SMILES string of the molecule is NO.O=S(=O)(O)OCCO. The van der Waals surface area contributed by atoms with Crippen molar-refractivity contribution in [2.45, 2.75) is 0 Å². The van der Waals surface area contributed by atoms with E-state index in [-0.39, 0.29) is 0 Å². The van der Waals surface area contributed by atoms with Crippen LogP contribution in [0.3, 0.4) is 0 Å². The van der Waals surface area contributed by atoms with Gasteiger partial charge in [-0.1, -0.05) is 0 Å². The van der Waals surface area contributed by atoms with E-state index in [1.54, 1.807) is 0 Å². The smallest absolute Gasteiger partial charge is 0.394 e. The molecule has 0 aromatic heterocycles. The van der Waals surface area contributed by atoms with Crippen LogP contribution in [0.5, 0.6) is 0 Å². The van der Waals surface area contributed by atoms with Gasteiger partial charge in [0.25, 0.3) is 0 Å². The third kappa shape index (κ3) is 15.7. The van der Waals surface area contributed by atoms with Gasteiger partial charge in [0, 0.05) is 0 Å². The molecule has 10 heavy (non-hydrogen) atoms. The van der Waals surface area contributed by atoms with Gasteiger partial charge in [0.1, 0.15) is 0 Å². The van der Waals surface area contributed by atoms with Crippen molar-refractivity contribution in [2.24, 2.45) is 5.90 Å². The van der Waals surface area contributed by atoms with Crippen LogP contribution in [0.25, 0.3) is 0 Å². The second-order valence-corrected chi connectivity index (χ2v) is 2.06. The topological polar surface area (TPSA) is 130 Å². The van der Waals surface area contributed by atoms with Gasteiger partial charge in [-0.3, -0.25) is 4.55 Å². The predicted octanol–water partition coefficient (Wildman–Crippen LogP) is -1.87. The first-order chi connectivity index (χ1) is 4.56. The highest BCUT2D eigenvalue weighted by atomic mass is 32.3. The molecule has 0 fully saturated rings. The van der Waals surface area contributed by atoms with Gasteiger partial charge in [0.2, 0.25) is 0 Å². The van der Waals surface area contributed by atoms with E-state index in [1.165, 1.54) is 0 Å². The molecule has 0 amide bonds. The molecule has 0 spiro atoms. The number of hydrogen-bond donors (Lipinski definition) is 4. The standard InChI is InChI=1S/C2H6O5S.H3NO/c3-1-2-7-8(4,5)6;1-2/h3H,1-2H2,(H,4,5,6);2H,1H2. The van der Waals surface area contributed by atoms with E-state index < -0.39 is 23.6 Å². The Morgan fingerprint density at radius 3 is 1.90 bits per heavy atom. The molecule has 64 valence electrons. The number of nitrogens with two attached hydrogens (primary N) is 1. The van der Waals surface area contributed by atoms with Gasteiger partial charge < -0.3 is 10.3 Å². The Balaban J connectivity index is 0. The fourth-order valence-electron chi connectivity index (χ4n) is 0.143. The zero-order valence-corrected chi connectivity index (χ0v) is 5.78. The van der Waals surface area contributed by atoms with E-state index in [9.17, 15) is 8.42 Å². The molecule has 0 saturated heterocycles. The number of aliphatic hydroxyl groups excluding tert-OH is 1. The van der Waals surface area contributed by atoms with E-state index in [4.69, 9.17) is 14.9 Å². The van der Waals surface area contributed by atoms with Crippen molar-refractivity contribution >= 4 is 10.4 Å². The lowest BCUT2D eigenvalue weighted by molar-refractivity contribution is 0.188. The molecular formula is C2H9NO6S. The van der Waals surface area contributed by atoms with E-state index in [1.807, 2.05) is 0 Å². The zero-order valence-electron chi connectivity index (χ0n) is 4.97. The van der Waals surface area contributed by atoms with Gasteiger partial charge >= 0.3 is 10.4 Å². The highest BCUT2D eigenvalue weighted by Gasteiger charge is 2.00. The van der Waals surface area contributed by atoms with Crippen LogP contribution in [0.15, 0.2) is 0 Å². The molecule has 0 bridgehead atoms. The molecule has 0 unspecified atom stereocenters. The second-order valence-electron chi connectivity index (χ2n) is 0.973. The van der Waals surface area contributed by atoms with Crippen LogP contribution in [0, 0.1) is 0 Å². The second kappa shape index (κ2) is 6.86. The van der Waals surface area contributed by atoms with Crippen LogP contribution in [0.2, 0.25) is 0 Å². The van der Waals surface area contributed by atoms with Gasteiger partial charge in [-0.05, 0) is 0 Å². The highest BCUT2D eigenvalue weighted by Crippen LogP contribution is 1.81. The summed E-state index contributed by atoms with van der Waals surface area (Å²) in [6.07, 6.45) is 0. The summed E-state index contributed by atoms with van der Waals surface area (Å²) in [5.74, 6) is 3.50. The number of aliphatic hydroxyl groups is 1. The molecule has 0 saturated carbocycles. The molecule has 0 aliphatic rings. The fourth-order valence-corrected chi connectivity index (χ4v) is 0.428. The summed E-state index contributed by atoms with van der Waals surface area (Å²) in [5.41, 5.74) is 0. The Labute approximate surface area is 57.9 Å². The Kier molecular flexibility index (Phi) is 8.53. The minimum absolute atomic E-state index is 0.404. The summed E-state index contributed by atoms with van der Waals surface area (Å²) < 4.78 is 30.7. The van der Waals surface area contributed by atoms with Crippen molar-refractivity contribution in [3.05, 3.63) is 0 Å².